The summed E-state index contributed by atoms with van der Waals surface area (Å²) in [6.45, 7) is 1.77. The molecule has 1 aromatic carbocycles. The summed E-state index contributed by atoms with van der Waals surface area (Å²) in [5.41, 5.74) is 0.420. The minimum absolute atomic E-state index is 0.210. The molecule has 1 amide bonds. The van der Waals surface area contributed by atoms with E-state index in [0.717, 1.165) is 29.5 Å². The number of nitrogens with one attached hydrogen (secondary N) is 1. The fraction of sp³-hybridized carbons (Fsp3) is 0.267. The molecule has 1 aromatic heterocycles. The highest BCUT2D eigenvalue weighted by atomic mass is 32.1. The Labute approximate surface area is 136 Å². The third-order valence-corrected chi connectivity index (χ3v) is 3.96. The molecule has 0 aliphatic carbocycles. The molecule has 0 aliphatic rings. The van der Waals surface area contributed by atoms with Crippen LogP contribution in [0.4, 0.5) is 19.6 Å². The molecular weight excluding hydrogens is 322 g/mol. The summed E-state index contributed by atoms with van der Waals surface area (Å²) in [7, 11) is 1.60. The summed E-state index contributed by atoms with van der Waals surface area (Å²) >= 11 is 1.15. The van der Waals surface area contributed by atoms with Crippen LogP contribution < -0.4 is 5.32 Å². The van der Waals surface area contributed by atoms with Crippen LogP contribution in [0.5, 0.6) is 0 Å². The van der Waals surface area contributed by atoms with Gasteiger partial charge in [-0.15, -0.1) is 11.3 Å². The van der Waals surface area contributed by atoms with Crippen molar-refractivity contribution in [3.63, 3.8) is 0 Å². The Morgan fingerprint density at radius 3 is 2.70 bits per heavy atom. The number of anilines is 2. The molecule has 5 nitrogen and oxygen atoms in total. The molecule has 2 aromatic rings. The lowest BCUT2D eigenvalue weighted by atomic mass is 10.2. The fourth-order valence-electron chi connectivity index (χ4n) is 1.83. The van der Waals surface area contributed by atoms with Crippen molar-refractivity contribution in [3.8, 4) is 6.07 Å². The molecular formula is C15H14F2N4OS. The van der Waals surface area contributed by atoms with Crippen molar-refractivity contribution in [2.45, 2.75) is 19.4 Å². The van der Waals surface area contributed by atoms with Crippen molar-refractivity contribution < 1.29 is 13.6 Å². The number of amides is 1. The molecule has 23 heavy (non-hydrogen) atoms. The first-order valence-electron chi connectivity index (χ1n) is 6.73. The summed E-state index contributed by atoms with van der Waals surface area (Å²) in [4.78, 5) is 17.8. The van der Waals surface area contributed by atoms with Crippen molar-refractivity contribution in [2.75, 3.05) is 12.4 Å². The van der Waals surface area contributed by atoms with E-state index in [1.165, 1.54) is 4.90 Å². The second-order valence-electron chi connectivity index (χ2n) is 4.95. The molecule has 0 spiro atoms. The van der Waals surface area contributed by atoms with Gasteiger partial charge >= 0.3 is 0 Å². The number of thiazole rings is 1. The highest BCUT2D eigenvalue weighted by Gasteiger charge is 2.20. The van der Waals surface area contributed by atoms with Crippen molar-refractivity contribution >= 4 is 28.1 Å². The number of rotatable bonds is 5. The molecule has 1 atom stereocenters. The van der Waals surface area contributed by atoms with E-state index < -0.39 is 11.6 Å². The molecule has 2 rings (SSSR count). The van der Waals surface area contributed by atoms with Crippen LogP contribution in [0.1, 0.15) is 23.8 Å². The summed E-state index contributed by atoms with van der Waals surface area (Å²) in [5.74, 6) is -1.72. The van der Waals surface area contributed by atoms with Gasteiger partial charge in [0.1, 0.15) is 17.3 Å². The Hall–Kier alpha value is -2.53. The lowest BCUT2D eigenvalue weighted by Crippen LogP contribution is -2.35. The first-order chi connectivity index (χ1) is 10.9. The molecule has 1 heterocycles. The van der Waals surface area contributed by atoms with Gasteiger partial charge < -0.3 is 10.2 Å². The maximum absolute atomic E-state index is 13.1. The maximum Gasteiger partial charge on any atom is 0.273 e. The first kappa shape index (κ1) is 16.8. The summed E-state index contributed by atoms with van der Waals surface area (Å²) in [6.07, 6.45) is 0.222. The molecule has 0 aliphatic heterocycles. The van der Waals surface area contributed by atoms with Crippen LogP contribution in [0.15, 0.2) is 23.6 Å². The molecule has 0 saturated heterocycles. The minimum Gasteiger partial charge on any atom is -0.337 e. The van der Waals surface area contributed by atoms with E-state index in [9.17, 15) is 13.6 Å². The molecule has 120 valence electrons. The monoisotopic (exact) mass is 336 g/mol. The van der Waals surface area contributed by atoms with Crippen molar-refractivity contribution in [1.29, 1.82) is 5.26 Å². The van der Waals surface area contributed by atoms with Crippen LogP contribution in [0.3, 0.4) is 0 Å². The minimum atomic E-state index is -0.703. The standard InChI is InChI=1S/C15H14F2N4OS/c1-9(3-4-18)21(2)14(22)13-8-23-15(20-13)19-12-6-10(16)5-11(17)7-12/h5-9H,3H2,1-2H3,(H,19,20). The lowest BCUT2D eigenvalue weighted by molar-refractivity contribution is 0.0741. The van der Waals surface area contributed by atoms with E-state index in [2.05, 4.69) is 10.3 Å². The fourth-order valence-corrected chi connectivity index (χ4v) is 2.53. The second-order valence-corrected chi connectivity index (χ2v) is 5.81. The number of halogens is 2. The van der Waals surface area contributed by atoms with Gasteiger partial charge in [0, 0.05) is 30.2 Å². The molecule has 1 N–H and O–H groups in total. The quantitative estimate of drug-likeness (QED) is 0.907. The topological polar surface area (TPSA) is 69.0 Å². The number of benzene rings is 1. The van der Waals surface area contributed by atoms with Crippen LogP contribution in [-0.2, 0) is 0 Å². The molecule has 0 saturated carbocycles. The molecule has 8 heteroatoms. The predicted molar refractivity (Wildman–Crippen MR) is 83.5 cm³/mol. The van der Waals surface area contributed by atoms with E-state index in [1.54, 1.807) is 19.4 Å². The van der Waals surface area contributed by atoms with Crippen molar-refractivity contribution in [2.24, 2.45) is 0 Å². The van der Waals surface area contributed by atoms with Gasteiger partial charge in [-0.3, -0.25) is 4.79 Å². The second kappa shape index (κ2) is 7.15. The van der Waals surface area contributed by atoms with Crippen LogP contribution in [-0.4, -0.2) is 28.9 Å². The van der Waals surface area contributed by atoms with Crippen molar-refractivity contribution in [3.05, 3.63) is 40.9 Å². The predicted octanol–water partition coefficient (Wildman–Crippen LogP) is 3.54. The average Bonchev–Trinajstić information content (AvgIpc) is 2.93. The van der Waals surface area contributed by atoms with E-state index >= 15 is 0 Å². The maximum atomic E-state index is 13.1. The van der Waals surface area contributed by atoms with Crippen LogP contribution in [0, 0.1) is 23.0 Å². The molecule has 1 unspecified atom stereocenters. The molecule has 0 radical (unpaired) electrons. The van der Waals surface area contributed by atoms with Crippen LogP contribution >= 0.6 is 11.3 Å². The largest absolute Gasteiger partial charge is 0.337 e. The zero-order valence-electron chi connectivity index (χ0n) is 12.5. The van der Waals surface area contributed by atoms with Crippen LogP contribution in [0.25, 0.3) is 0 Å². The number of nitriles is 1. The van der Waals surface area contributed by atoms with Gasteiger partial charge in [0.2, 0.25) is 0 Å². The normalized spacial score (nSPS) is 11.6. The summed E-state index contributed by atoms with van der Waals surface area (Å²) in [6, 6.07) is 4.81. The number of hydrogen-bond donors (Lipinski definition) is 1. The zero-order valence-corrected chi connectivity index (χ0v) is 13.3. The van der Waals surface area contributed by atoms with E-state index in [0.29, 0.717) is 5.13 Å². The van der Waals surface area contributed by atoms with Crippen LogP contribution in [0.2, 0.25) is 0 Å². The SMILES string of the molecule is CC(CC#N)N(C)C(=O)c1csc(Nc2cc(F)cc(F)c2)n1. The molecule has 0 bridgehead atoms. The number of nitrogens with zero attached hydrogens (tertiary/aromatic N) is 3. The highest BCUT2D eigenvalue weighted by molar-refractivity contribution is 7.14. The van der Waals surface area contributed by atoms with Gasteiger partial charge in [-0.25, -0.2) is 13.8 Å². The first-order valence-corrected chi connectivity index (χ1v) is 7.61. The number of hydrogen-bond acceptors (Lipinski definition) is 5. The van der Waals surface area contributed by atoms with Gasteiger partial charge in [-0.2, -0.15) is 5.26 Å². The van der Waals surface area contributed by atoms with E-state index in [4.69, 9.17) is 5.26 Å². The molecule has 0 fully saturated rings. The van der Waals surface area contributed by atoms with Gasteiger partial charge in [0.25, 0.3) is 5.91 Å². The van der Waals surface area contributed by atoms with E-state index in [1.807, 2.05) is 6.07 Å². The van der Waals surface area contributed by atoms with Gasteiger partial charge in [-0.1, -0.05) is 0 Å². The zero-order chi connectivity index (χ0) is 17.0. The summed E-state index contributed by atoms with van der Waals surface area (Å²) in [5, 5.41) is 13.3. The van der Waals surface area contributed by atoms with E-state index in [-0.39, 0.29) is 29.8 Å². The lowest BCUT2D eigenvalue weighted by Gasteiger charge is -2.21. The average molecular weight is 336 g/mol. The van der Waals surface area contributed by atoms with Gasteiger partial charge in [0.15, 0.2) is 5.13 Å². The Balaban J connectivity index is 2.11. The Morgan fingerprint density at radius 2 is 2.09 bits per heavy atom. The Bertz CT molecular complexity index is 736. The summed E-state index contributed by atoms with van der Waals surface area (Å²) < 4.78 is 26.3. The van der Waals surface area contributed by atoms with Crippen molar-refractivity contribution in [1.82, 2.24) is 9.88 Å². The number of carbonyl (C=O) groups excluding carboxylic acids is 1. The Kier molecular flexibility index (Phi) is 5.24. The van der Waals surface area contributed by atoms with Gasteiger partial charge in [0.05, 0.1) is 12.5 Å². The number of aromatic nitrogens is 1. The number of carbonyl (C=O) groups is 1. The van der Waals surface area contributed by atoms with Gasteiger partial charge in [-0.05, 0) is 19.1 Å². The highest BCUT2D eigenvalue weighted by Crippen LogP contribution is 2.23. The Morgan fingerprint density at radius 1 is 1.43 bits per heavy atom. The smallest absolute Gasteiger partial charge is 0.273 e. The third-order valence-electron chi connectivity index (χ3n) is 3.21. The third kappa shape index (κ3) is 4.23.